The summed E-state index contributed by atoms with van der Waals surface area (Å²) in [5, 5.41) is 14.3. The van der Waals surface area contributed by atoms with Crippen molar-refractivity contribution < 1.29 is 4.92 Å². The van der Waals surface area contributed by atoms with Crippen molar-refractivity contribution in [1.82, 2.24) is 5.32 Å². The molecule has 0 amide bonds. The van der Waals surface area contributed by atoms with Gasteiger partial charge in [0, 0.05) is 22.0 Å². The van der Waals surface area contributed by atoms with E-state index in [1.807, 2.05) is 24.3 Å². The van der Waals surface area contributed by atoms with Crippen LogP contribution < -0.4 is 5.32 Å². The summed E-state index contributed by atoms with van der Waals surface area (Å²) in [6, 6.07) is 12.8. The van der Waals surface area contributed by atoms with E-state index in [1.165, 1.54) is 23.4 Å². The fourth-order valence-corrected chi connectivity index (χ4v) is 3.41. The lowest BCUT2D eigenvalue weighted by Gasteiger charge is -2.08. The van der Waals surface area contributed by atoms with Crippen LogP contribution in [0.5, 0.6) is 0 Å². The van der Waals surface area contributed by atoms with Crippen LogP contribution in [0.3, 0.4) is 0 Å². The van der Waals surface area contributed by atoms with E-state index >= 15 is 0 Å². The Labute approximate surface area is 136 Å². The summed E-state index contributed by atoms with van der Waals surface area (Å²) in [7, 11) is 0. The van der Waals surface area contributed by atoms with Gasteiger partial charge in [-0.3, -0.25) is 10.1 Å². The van der Waals surface area contributed by atoms with Crippen molar-refractivity contribution in [3.8, 4) is 0 Å². The summed E-state index contributed by atoms with van der Waals surface area (Å²) < 4.78 is 0.945. The lowest BCUT2D eigenvalue weighted by Crippen LogP contribution is -2.11. The number of hydrogen-bond acceptors (Lipinski definition) is 4. The van der Waals surface area contributed by atoms with Gasteiger partial charge < -0.3 is 5.32 Å². The molecule has 0 radical (unpaired) electrons. The second kappa shape index (κ2) is 7.59. The van der Waals surface area contributed by atoms with Gasteiger partial charge in [-0.1, -0.05) is 36.9 Å². The number of para-hydroxylation sites is 1. The lowest BCUT2D eigenvalue weighted by atomic mass is 10.2. The molecular weight excluding hydrogens is 352 g/mol. The fraction of sp³-hybridized carbons (Fsp3) is 0.200. The standard InChI is InChI=1S/C15H15BrN2O2S/c1-2-17-10-11-7-8-14(12(16)9-11)21-15-6-4-3-5-13(15)18(19)20/h3-9,17H,2,10H2,1H3. The van der Waals surface area contributed by atoms with Crippen LogP contribution >= 0.6 is 27.7 Å². The van der Waals surface area contributed by atoms with Crippen molar-refractivity contribution in [3.05, 3.63) is 62.6 Å². The molecule has 0 bridgehead atoms. The van der Waals surface area contributed by atoms with Gasteiger partial charge in [-0.25, -0.2) is 0 Å². The van der Waals surface area contributed by atoms with E-state index in [2.05, 4.69) is 28.2 Å². The van der Waals surface area contributed by atoms with Crippen LogP contribution in [-0.4, -0.2) is 11.5 Å². The zero-order valence-corrected chi connectivity index (χ0v) is 13.9. The summed E-state index contributed by atoms with van der Waals surface area (Å²) in [5.74, 6) is 0. The minimum Gasteiger partial charge on any atom is -0.313 e. The zero-order chi connectivity index (χ0) is 15.2. The minimum atomic E-state index is -0.351. The van der Waals surface area contributed by atoms with Gasteiger partial charge in [0.2, 0.25) is 0 Å². The topological polar surface area (TPSA) is 55.2 Å². The number of hydrogen-bond donors (Lipinski definition) is 1. The smallest absolute Gasteiger partial charge is 0.283 e. The molecule has 0 atom stereocenters. The van der Waals surface area contributed by atoms with Crippen molar-refractivity contribution in [3.63, 3.8) is 0 Å². The van der Waals surface area contributed by atoms with Crippen LogP contribution in [0.15, 0.2) is 56.7 Å². The molecule has 2 rings (SSSR count). The molecule has 4 nitrogen and oxygen atoms in total. The Hall–Kier alpha value is -1.37. The second-order valence-electron chi connectivity index (χ2n) is 4.37. The van der Waals surface area contributed by atoms with E-state index < -0.39 is 0 Å². The second-order valence-corrected chi connectivity index (χ2v) is 6.31. The molecule has 1 N–H and O–H groups in total. The predicted octanol–water partition coefficient (Wildman–Crippen LogP) is 4.62. The number of halogens is 1. The van der Waals surface area contributed by atoms with Gasteiger partial charge in [0.05, 0.1) is 9.82 Å². The van der Waals surface area contributed by atoms with E-state index in [0.717, 1.165) is 22.5 Å². The maximum Gasteiger partial charge on any atom is 0.283 e. The maximum atomic E-state index is 11.0. The Kier molecular flexibility index (Phi) is 5.78. The van der Waals surface area contributed by atoms with Gasteiger partial charge in [0.25, 0.3) is 5.69 Å². The van der Waals surface area contributed by atoms with E-state index in [-0.39, 0.29) is 10.6 Å². The maximum absolute atomic E-state index is 11.0. The largest absolute Gasteiger partial charge is 0.313 e. The summed E-state index contributed by atoms with van der Waals surface area (Å²) in [4.78, 5) is 12.3. The highest BCUT2D eigenvalue weighted by Gasteiger charge is 2.14. The molecule has 0 fully saturated rings. The number of rotatable bonds is 6. The highest BCUT2D eigenvalue weighted by Crippen LogP contribution is 2.38. The average Bonchev–Trinajstić information content (AvgIpc) is 2.48. The molecular formula is C15H15BrN2O2S. The molecule has 0 saturated carbocycles. The average molecular weight is 367 g/mol. The Morgan fingerprint density at radius 3 is 2.67 bits per heavy atom. The third-order valence-electron chi connectivity index (χ3n) is 2.86. The molecule has 110 valence electrons. The summed E-state index contributed by atoms with van der Waals surface area (Å²) in [6.45, 7) is 3.80. The van der Waals surface area contributed by atoms with Gasteiger partial charge in [-0.15, -0.1) is 0 Å². The monoisotopic (exact) mass is 366 g/mol. The molecule has 2 aromatic rings. The molecule has 21 heavy (non-hydrogen) atoms. The van der Waals surface area contributed by atoms with E-state index in [1.54, 1.807) is 12.1 Å². The van der Waals surface area contributed by atoms with E-state index in [9.17, 15) is 10.1 Å². The quantitative estimate of drug-likeness (QED) is 0.598. The first-order chi connectivity index (χ1) is 10.1. The molecule has 0 aliphatic carbocycles. The van der Waals surface area contributed by atoms with Gasteiger partial charge in [-0.05, 0) is 46.2 Å². The van der Waals surface area contributed by atoms with Gasteiger partial charge in [0.15, 0.2) is 0 Å². The molecule has 0 unspecified atom stereocenters. The van der Waals surface area contributed by atoms with Gasteiger partial charge >= 0.3 is 0 Å². The SMILES string of the molecule is CCNCc1ccc(Sc2ccccc2[N+](=O)[O-])c(Br)c1. The van der Waals surface area contributed by atoms with Crippen LogP contribution in [0, 0.1) is 10.1 Å². The van der Waals surface area contributed by atoms with Crippen molar-refractivity contribution >= 4 is 33.4 Å². The van der Waals surface area contributed by atoms with Crippen LogP contribution in [-0.2, 0) is 6.54 Å². The highest BCUT2D eigenvalue weighted by molar-refractivity contribution is 9.10. The molecule has 0 aromatic heterocycles. The van der Waals surface area contributed by atoms with Crippen LogP contribution in [0.4, 0.5) is 5.69 Å². The minimum absolute atomic E-state index is 0.131. The van der Waals surface area contributed by atoms with Crippen LogP contribution in [0.2, 0.25) is 0 Å². The highest BCUT2D eigenvalue weighted by atomic mass is 79.9. The Balaban J connectivity index is 2.22. The third-order valence-corrected chi connectivity index (χ3v) is 4.92. The van der Waals surface area contributed by atoms with Gasteiger partial charge in [-0.2, -0.15) is 0 Å². The molecule has 0 aliphatic heterocycles. The Morgan fingerprint density at radius 2 is 2.00 bits per heavy atom. The first kappa shape index (κ1) is 16.0. The Morgan fingerprint density at radius 1 is 1.24 bits per heavy atom. The first-order valence-electron chi connectivity index (χ1n) is 6.52. The van der Waals surface area contributed by atoms with Gasteiger partial charge in [0.1, 0.15) is 0 Å². The van der Waals surface area contributed by atoms with Crippen LogP contribution in [0.1, 0.15) is 12.5 Å². The first-order valence-corrected chi connectivity index (χ1v) is 8.13. The van der Waals surface area contributed by atoms with Crippen molar-refractivity contribution in [2.75, 3.05) is 6.54 Å². The lowest BCUT2D eigenvalue weighted by molar-refractivity contribution is -0.387. The number of nitro benzene ring substituents is 1. The number of nitrogens with one attached hydrogen (secondary N) is 1. The van der Waals surface area contributed by atoms with Crippen molar-refractivity contribution in [2.45, 2.75) is 23.3 Å². The van der Waals surface area contributed by atoms with E-state index in [0.29, 0.717) is 4.90 Å². The predicted molar refractivity (Wildman–Crippen MR) is 88.7 cm³/mol. The van der Waals surface area contributed by atoms with E-state index in [4.69, 9.17) is 0 Å². The van der Waals surface area contributed by atoms with Crippen molar-refractivity contribution in [1.29, 1.82) is 0 Å². The molecule has 0 heterocycles. The summed E-state index contributed by atoms with van der Waals surface area (Å²) in [5.41, 5.74) is 1.31. The summed E-state index contributed by atoms with van der Waals surface area (Å²) in [6.07, 6.45) is 0. The molecule has 2 aromatic carbocycles. The van der Waals surface area contributed by atoms with Crippen molar-refractivity contribution in [2.24, 2.45) is 0 Å². The normalized spacial score (nSPS) is 10.6. The molecule has 0 saturated heterocycles. The number of nitrogens with zero attached hydrogens (tertiary/aromatic N) is 1. The summed E-state index contributed by atoms with van der Waals surface area (Å²) >= 11 is 4.93. The Bertz CT molecular complexity index is 649. The zero-order valence-electron chi connectivity index (χ0n) is 11.5. The molecule has 0 spiro atoms. The van der Waals surface area contributed by atoms with Crippen LogP contribution in [0.25, 0.3) is 0 Å². The third kappa shape index (κ3) is 4.30. The fourth-order valence-electron chi connectivity index (χ4n) is 1.82. The molecule has 6 heteroatoms. The number of benzene rings is 2. The number of nitro groups is 1. The molecule has 0 aliphatic rings.